The van der Waals surface area contributed by atoms with Crippen LogP contribution < -0.4 is 5.73 Å². The lowest BCUT2D eigenvalue weighted by molar-refractivity contribution is -0.208. The van der Waals surface area contributed by atoms with Gasteiger partial charge in [-0.3, -0.25) is 4.68 Å². The second-order valence-corrected chi connectivity index (χ2v) is 6.78. The molecule has 0 amide bonds. The number of nitrogens with zero attached hydrogens (tertiary/aromatic N) is 5. The highest BCUT2D eigenvalue weighted by Gasteiger charge is 2.38. The Morgan fingerprint density at radius 1 is 1.00 bits per heavy atom. The third-order valence-corrected chi connectivity index (χ3v) is 4.59. The van der Waals surface area contributed by atoms with E-state index in [-0.39, 0.29) is 39.3 Å². The van der Waals surface area contributed by atoms with Crippen molar-refractivity contribution in [1.29, 1.82) is 10.5 Å². The van der Waals surface area contributed by atoms with E-state index in [0.717, 1.165) is 41.3 Å². The van der Waals surface area contributed by atoms with Gasteiger partial charge in [0.05, 0.1) is 29.6 Å². The van der Waals surface area contributed by atoms with Gasteiger partial charge in [-0.05, 0) is 17.7 Å². The standard InChI is InChI=1S/C20H12F6N6O/c21-19(22,23)12-3-1-10(2-4-12)16-13(5-27)17(31-18(29)14(16)6-28)11-7-30-32(8-11)9-15(33)20(24,25)26/h1-4,7-8,15,33H,9H2,(H2,29,31). The molecule has 2 heterocycles. The average molecular weight is 466 g/mol. The highest BCUT2D eigenvalue weighted by Crippen LogP contribution is 2.37. The molecule has 0 aliphatic carbocycles. The van der Waals surface area contributed by atoms with Gasteiger partial charge in [0, 0.05) is 17.3 Å². The summed E-state index contributed by atoms with van der Waals surface area (Å²) in [6, 6.07) is 7.25. The molecular formula is C20H12F6N6O. The van der Waals surface area contributed by atoms with Crippen LogP contribution in [-0.2, 0) is 12.7 Å². The van der Waals surface area contributed by atoms with Crippen molar-refractivity contribution in [1.82, 2.24) is 14.8 Å². The molecule has 33 heavy (non-hydrogen) atoms. The number of anilines is 1. The minimum absolute atomic E-state index is 0.0466. The number of nitriles is 2. The number of aromatic nitrogens is 3. The van der Waals surface area contributed by atoms with E-state index in [1.165, 1.54) is 0 Å². The lowest BCUT2D eigenvalue weighted by Crippen LogP contribution is -2.32. The minimum atomic E-state index is -4.88. The van der Waals surface area contributed by atoms with Crippen molar-refractivity contribution in [3.63, 3.8) is 0 Å². The summed E-state index contributed by atoms with van der Waals surface area (Å²) in [7, 11) is 0. The maximum Gasteiger partial charge on any atom is 0.416 e. The number of pyridine rings is 1. The molecule has 0 bridgehead atoms. The molecule has 0 saturated carbocycles. The van der Waals surface area contributed by atoms with Crippen LogP contribution in [0.15, 0.2) is 36.7 Å². The molecule has 0 aliphatic rings. The van der Waals surface area contributed by atoms with Crippen molar-refractivity contribution in [2.45, 2.75) is 25.0 Å². The van der Waals surface area contributed by atoms with Crippen LogP contribution in [-0.4, -0.2) is 32.2 Å². The van der Waals surface area contributed by atoms with E-state index in [1.54, 1.807) is 6.07 Å². The number of benzene rings is 1. The maximum absolute atomic E-state index is 12.9. The predicted molar refractivity (Wildman–Crippen MR) is 102 cm³/mol. The molecule has 1 aromatic carbocycles. The number of aliphatic hydroxyl groups excluding tert-OH is 1. The van der Waals surface area contributed by atoms with E-state index >= 15 is 0 Å². The van der Waals surface area contributed by atoms with Crippen LogP contribution in [0.1, 0.15) is 16.7 Å². The molecule has 170 valence electrons. The molecule has 1 atom stereocenters. The zero-order chi connectivity index (χ0) is 24.6. The smallest absolute Gasteiger partial charge is 0.383 e. The number of hydrogen-bond donors (Lipinski definition) is 2. The fourth-order valence-electron chi connectivity index (χ4n) is 3.02. The van der Waals surface area contributed by atoms with Gasteiger partial charge in [-0.1, -0.05) is 12.1 Å². The topological polar surface area (TPSA) is 125 Å². The monoisotopic (exact) mass is 466 g/mol. The zero-order valence-corrected chi connectivity index (χ0v) is 16.3. The Bertz CT molecular complexity index is 1260. The summed E-state index contributed by atoms with van der Waals surface area (Å²) >= 11 is 0. The van der Waals surface area contributed by atoms with Crippen molar-refractivity contribution in [2.24, 2.45) is 0 Å². The first-order valence-corrected chi connectivity index (χ1v) is 8.95. The van der Waals surface area contributed by atoms with Crippen LogP contribution in [0.5, 0.6) is 0 Å². The van der Waals surface area contributed by atoms with Crippen molar-refractivity contribution in [3.05, 3.63) is 53.3 Å². The van der Waals surface area contributed by atoms with Crippen LogP contribution in [0.25, 0.3) is 22.4 Å². The fourth-order valence-corrected chi connectivity index (χ4v) is 3.02. The Labute approximate surface area is 181 Å². The molecule has 3 rings (SSSR count). The average Bonchev–Trinajstić information content (AvgIpc) is 3.20. The second kappa shape index (κ2) is 8.44. The van der Waals surface area contributed by atoms with Gasteiger partial charge in [0.25, 0.3) is 0 Å². The third kappa shape index (κ3) is 4.73. The Kier molecular flexibility index (Phi) is 6.03. The number of halogens is 6. The van der Waals surface area contributed by atoms with Crippen LogP contribution in [0, 0.1) is 22.7 Å². The summed E-state index contributed by atoms with van der Waals surface area (Å²) in [6.07, 6.45) is -10.0. The van der Waals surface area contributed by atoms with E-state index in [1.807, 2.05) is 6.07 Å². The first-order chi connectivity index (χ1) is 15.4. The van der Waals surface area contributed by atoms with E-state index in [2.05, 4.69) is 10.1 Å². The Balaban J connectivity index is 2.14. The number of nitrogen functional groups attached to an aromatic ring is 1. The second-order valence-electron chi connectivity index (χ2n) is 6.78. The highest BCUT2D eigenvalue weighted by atomic mass is 19.4. The SMILES string of the molecule is N#Cc1c(N)nc(-c2cnn(CC(O)C(F)(F)F)c2)c(C#N)c1-c1ccc(C(F)(F)F)cc1. The normalized spacial score (nSPS) is 12.8. The first-order valence-electron chi connectivity index (χ1n) is 8.95. The summed E-state index contributed by atoms with van der Waals surface area (Å²) in [5.74, 6) is -0.343. The third-order valence-electron chi connectivity index (χ3n) is 4.59. The molecule has 1 unspecified atom stereocenters. The molecule has 0 fully saturated rings. The van der Waals surface area contributed by atoms with E-state index < -0.39 is 30.6 Å². The highest BCUT2D eigenvalue weighted by molar-refractivity contribution is 5.86. The van der Waals surface area contributed by atoms with Crippen molar-refractivity contribution in [2.75, 3.05) is 5.73 Å². The quantitative estimate of drug-likeness (QED) is 0.563. The minimum Gasteiger partial charge on any atom is -0.383 e. The van der Waals surface area contributed by atoms with Crippen LogP contribution in [0.2, 0.25) is 0 Å². The van der Waals surface area contributed by atoms with Gasteiger partial charge in [-0.25, -0.2) is 4.98 Å². The fraction of sp³-hybridized carbons (Fsp3) is 0.200. The summed E-state index contributed by atoms with van der Waals surface area (Å²) in [6.45, 7) is -0.928. The molecule has 2 aromatic heterocycles. The molecule has 0 radical (unpaired) electrons. The zero-order valence-electron chi connectivity index (χ0n) is 16.3. The van der Waals surface area contributed by atoms with Gasteiger partial charge in [0.1, 0.15) is 23.5 Å². The molecule has 3 aromatic rings. The van der Waals surface area contributed by atoms with Gasteiger partial charge in [-0.15, -0.1) is 0 Å². The van der Waals surface area contributed by atoms with Gasteiger partial charge >= 0.3 is 12.4 Å². The van der Waals surface area contributed by atoms with Crippen molar-refractivity contribution >= 4 is 5.82 Å². The van der Waals surface area contributed by atoms with E-state index in [0.29, 0.717) is 0 Å². The van der Waals surface area contributed by atoms with Crippen LogP contribution >= 0.6 is 0 Å². The number of hydrogen-bond acceptors (Lipinski definition) is 6. The number of aliphatic hydroxyl groups is 1. The van der Waals surface area contributed by atoms with Crippen LogP contribution in [0.4, 0.5) is 32.2 Å². The molecule has 13 heteroatoms. The maximum atomic E-state index is 12.9. The Morgan fingerprint density at radius 3 is 2.12 bits per heavy atom. The summed E-state index contributed by atoms with van der Waals surface area (Å²) in [5.41, 5.74) is 4.29. The lowest BCUT2D eigenvalue weighted by Gasteiger charge is -2.14. The number of rotatable bonds is 4. The summed E-state index contributed by atoms with van der Waals surface area (Å²) in [5, 5.41) is 32.2. The van der Waals surface area contributed by atoms with Gasteiger partial charge in [0.15, 0.2) is 6.10 Å². The van der Waals surface area contributed by atoms with Crippen molar-refractivity contribution < 1.29 is 31.4 Å². The molecule has 0 aliphatic heterocycles. The van der Waals surface area contributed by atoms with Crippen molar-refractivity contribution in [3.8, 4) is 34.5 Å². The molecular weight excluding hydrogens is 454 g/mol. The molecule has 0 saturated heterocycles. The molecule has 3 N–H and O–H groups in total. The van der Waals surface area contributed by atoms with Crippen LogP contribution in [0.3, 0.4) is 0 Å². The lowest BCUT2D eigenvalue weighted by atomic mass is 9.92. The van der Waals surface area contributed by atoms with Gasteiger partial charge in [0.2, 0.25) is 0 Å². The Morgan fingerprint density at radius 2 is 1.61 bits per heavy atom. The molecule has 7 nitrogen and oxygen atoms in total. The molecule has 0 spiro atoms. The number of alkyl halides is 6. The first kappa shape index (κ1) is 23.6. The summed E-state index contributed by atoms with van der Waals surface area (Å²) in [4.78, 5) is 3.98. The Hall–Kier alpha value is -4.10. The van der Waals surface area contributed by atoms with E-state index in [4.69, 9.17) is 5.73 Å². The largest absolute Gasteiger partial charge is 0.416 e. The number of nitrogens with two attached hydrogens (primary N) is 1. The van der Waals surface area contributed by atoms with Gasteiger partial charge < -0.3 is 10.8 Å². The van der Waals surface area contributed by atoms with Gasteiger partial charge in [-0.2, -0.15) is 42.0 Å². The van der Waals surface area contributed by atoms with E-state index in [9.17, 15) is 42.0 Å². The predicted octanol–water partition coefficient (Wildman–Crippen LogP) is 3.88. The summed E-state index contributed by atoms with van der Waals surface area (Å²) < 4.78 is 77.3.